The van der Waals surface area contributed by atoms with Crippen molar-refractivity contribution in [3.63, 3.8) is 0 Å². The predicted octanol–water partition coefficient (Wildman–Crippen LogP) is 4.06. The molecule has 1 N–H and O–H groups in total. The third kappa shape index (κ3) is 3.03. The molecule has 19 heavy (non-hydrogen) atoms. The Morgan fingerprint density at radius 3 is 2.79 bits per heavy atom. The molecule has 0 aliphatic heterocycles. The first kappa shape index (κ1) is 12.0. The molecule has 4 heteroatoms. The summed E-state index contributed by atoms with van der Waals surface area (Å²) < 4.78 is 5.29. The van der Waals surface area contributed by atoms with Gasteiger partial charge in [0.2, 0.25) is 0 Å². The van der Waals surface area contributed by atoms with Crippen molar-refractivity contribution in [3.8, 4) is 10.4 Å². The third-order valence-electron chi connectivity index (χ3n) is 2.79. The van der Waals surface area contributed by atoms with Crippen molar-refractivity contribution >= 4 is 16.5 Å². The lowest BCUT2D eigenvalue weighted by molar-refractivity contribution is 0.513. The van der Waals surface area contributed by atoms with E-state index in [2.05, 4.69) is 22.4 Å². The number of anilines is 1. The molecular formula is C15H14N2OS. The summed E-state index contributed by atoms with van der Waals surface area (Å²) in [6.45, 7) is 0.829. The molecule has 3 nitrogen and oxygen atoms in total. The van der Waals surface area contributed by atoms with E-state index >= 15 is 0 Å². The van der Waals surface area contributed by atoms with Gasteiger partial charge in [-0.15, -0.1) is 0 Å². The summed E-state index contributed by atoms with van der Waals surface area (Å²) in [4.78, 5) is 5.57. The molecule has 3 aromatic rings. The van der Waals surface area contributed by atoms with Gasteiger partial charge in [-0.1, -0.05) is 41.7 Å². The fourth-order valence-electron chi connectivity index (χ4n) is 1.84. The molecule has 0 saturated carbocycles. The standard InChI is InChI=1S/C15H14N2OS/c1-2-5-12(6-3-1)14-11-17-15(19-14)16-9-8-13-7-4-10-18-13/h1-7,10-11H,8-9H2,(H,16,17). The molecule has 0 fully saturated rings. The minimum atomic E-state index is 0.829. The molecule has 96 valence electrons. The molecule has 0 unspecified atom stereocenters. The number of hydrogen-bond donors (Lipinski definition) is 1. The van der Waals surface area contributed by atoms with Crippen molar-refractivity contribution in [1.82, 2.24) is 4.98 Å². The fraction of sp³-hybridized carbons (Fsp3) is 0.133. The molecular weight excluding hydrogens is 256 g/mol. The number of nitrogens with zero attached hydrogens (tertiary/aromatic N) is 1. The lowest BCUT2D eigenvalue weighted by Crippen LogP contribution is -2.03. The van der Waals surface area contributed by atoms with E-state index in [1.165, 1.54) is 10.4 Å². The van der Waals surface area contributed by atoms with Crippen LogP contribution in [-0.2, 0) is 6.42 Å². The maximum Gasteiger partial charge on any atom is 0.183 e. The molecule has 0 aliphatic carbocycles. The lowest BCUT2D eigenvalue weighted by Gasteiger charge is -1.99. The number of aromatic nitrogens is 1. The highest BCUT2D eigenvalue weighted by atomic mass is 32.1. The highest BCUT2D eigenvalue weighted by molar-refractivity contribution is 7.18. The molecule has 0 aliphatic rings. The Morgan fingerprint density at radius 1 is 1.11 bits per heavy atom. The lowest BCUT2D eigenvalue weighted by atomic mass is 10.2. The molecule has 1 aromatic carbocycles. The van der Waals surface area contributed by atoms with Gasteiger partial charge >= 0.3 is 0 Å². The number of nitrogens with one attached hydrogen (secondary N) is 1. The summed E-state index contributed by atoms with van der Waals surface area (Å²) >= 11 is 1.67. The van der Waals surface area contributed by atoms with Crippen LogP contribution in [0.25, 0.3) is 10.4 Å². The van der Waals surface area contributed by atoms with Crippen LogP contribution in [0.2, 0.25) is 0 Å². The van der Waals surface area contributed by atoms with Crippen molar-refractivity contribution in [2.75, 3.05) is 11.9 Å². The van der Waals surface area contributed by atoms with Crippen LogP contribution < -0.4 is 5.32 Å². The average molecular weight is 270 g/mol. The number of thiazole rings is 1. The van der Waals surface area contributed by atoms with Crippen molar-refractivity contribution in [1.29, 1.82) is 0 Å². The summed E-state index contributed by atoms with van der Waals surface area (Å²) in [5.41, 5.74) is 1.21. The molecule has 3 rings (SSSR count). The number of benzene rings is 1. The summed E-state index contributed by atoms with van der Waals surface area (Å²) in [5, 5.41) is 4.27. The Kier molecular flexibility index (Phi) is 3.61. The zero-order valence-corrected chi connectivity index (χ0v) is 11.2. The normalized spacial score (nSPS) is 10.5. The second-order valence-corrected chi connectivity index (χ2v) is 5.18. The van der Waals surface area contributed by atoms with Crippen LogP contribution in [0, 0.1) is 0 Å². The van der Waals surface area contributed by atoms with E-state index in [9.17, 15) is 0 Å². The van der Waals surface area contributed by atoms with Gasteiger partial charge in [-0.2, -0.15) is 0 Å². The number of hydrogen-bond acceptors (Lipinski definition) is 4. The van der Waals surface area contributed by atoms with Gasteiger partial charge in [-0.25, -0.2) is 4.98 Å². The topological polar surface area (TPSA) is 38.1 Å². The zero-order valence-electron chi connectivity index (χ0n) is 10.4. The summed E-state index contributed by atoms with van der Waals surface area (Å²) in [6, 6.07) is 14.2. The van der Waals surface area contributed by atoms with Crippen LogP contribution in [0.5, 0.6) is 0 Å². The Balaban J connectivity index is 1.59. The van der Waals surface area contributed by atoms with Gasteiger partial charge in [0.15, 0.2) is 5.13 Å². The fourth-order valence-corrected chi connectivity index (χ4v) is 2.69. The molecule has 2 heterocycles. The quantitative estimate of drug-likeness (QED) is 0.759. The smallest absolute Gasteiger partial charge is 0.183 e. The molecule has 0 radical (unpaired) electrons. The van der Waals surface area contributed by atoms with Crippen LogP contribution in [0.4, 0.5) is 5.13 Å². The Hall–Kier alpha value is -2.07. The SMILES string of the molecule is c1ccc(-c2cnc(NCCc3ccco3)s2)cc1. The van der Waals surface area contributed by atoms with Crippen LogP contribution in [0.3, 0.4) is 0 Å². The molecule has 2 aromatic heterocycles. The average Bonchev–Trinajstić information content (AvgIpc) is 3.11. The minimum absolute atomic E-state index is 0.829. The van der Waals surface area contributed by atoms with Crippen molar-refractivity contribution in [2.45, 2.75) is 6.42 Å². The van der Waals surface area contributed by atoms with Gasteiger partial charge in [0.25, 0.3) is 0 Å². The first-order chi connectivity index (χ1) is 9.42. The van der Waals surface area contributed by atoms with E-state index in [4.69, 9.17) is 4.42 Å². The van der Waals surface area contributed by atoms with E-state index < -0.39 is 0 Å². The molecule has 0 spiro atoms. The van der Waals surface area contributed by atoms with Gasteiger partial charge in [0.1, 0.15) is 5.76 Å². The van der Waals surface area contributed by atoms with Crippen molar-refractivity contribution in [2.24, 2.45) is 0 Å². The Morgan fingerprint density at radius 2 is 2.00 bits per heavy atom. The van der Waals surface area contributed by atoms with Crippen LogP contribution in [-0.4, -0.2) is 11.5 Å². The summed E-state index contributed by atoms with van der Waals surface area (Å²) in [7, 11) is 0. The minimum Gasteiger partial charge on any atom is -0.469 e. The first-order valence-electron chi connectivity index (χ1n) is 6.19. The van der Waals surface area contributed by atoms with Crippen LogP contribution in [0.1, 0.15) is 5.76 Å². The molecule has 0 saturated heterocycles. The highest BCUT2D eigenvalue weighted by Gasteiger charge is 2.03. The summed E-state index contributed by atoms with van der Waals surface area (Å²) in [6.07, 6.45) is 4.48. The predicted molar refractivity (Wildman–Crippen MR) is 78.5 cm³/mol. The Labute approximate surface area is 115 Å². The van der Waals surface area contributed by atoms with Gasteiger partial charge < -0.3 is 9.73 Å². The molecule has 0 bridgehead atoms. The van der Waals surface area contributed by atoms with Crippen molar-refractivity contribution < 1.29 is 4.42 Å². The van der Waals surface area contributed by atoms with Gasteiger partial charge in [0, 0.05) is 19.2 Å². The first-order valence-corrected chi connectivity index (χ1v) is 7.01. The van der Waals surface area contributed by atoms with E-state index in [1.807, 2.05) is 36.5 Å². The maximum atomic E-state index is 5.29. The zero-order chi connectivity index (χ0) is 12.9. The largest absolute Gasteiger partial charge is 0.469 e. The van der Waals surface area contributed by atoms with E-state index in [1.54, 1.807) is 17.6 Å². The van der Waals surface area contributed by atoms with Gasteiger partial charge in [0.05, 0.1) is 11.1 Å². The molecule has 0 amide bonds. The second-order valence-electron chi connectivity index (χ2n) is 4.15. The second kappa shape index (κ2) is 5.71. The summed E-state index contributed by atoms with van der Waals surface area (Å²) in [5.74, 6) is 0.993. The van der Waals surface area contributed by atoms with Crippen LogP contribution in [0.15, 0.2) is 59.3 Å². The number of rotatable bonds is 5. The maximum absolute atomic E-state index is 5.29. The highest BCUT2D eigenvalue weighted by Crippen LogP contribution is 2.28. The number of furan rings is 1. The molecule has 0 atom stereocenters. The monoisotopic (exact) mass is 270 g/mol. The van der Waals surface area contributed by atoms with E-state index in [0.717, 1.165) is 23.9 Å². The van der Waals surface area contributed by atoms with E-state index in [0.29, 0.717) is 0 Å². The van der Waals surface area contributed by atoms with Crippen LogP contribution >= 0.6 is 11.3 Å². The van der Waals surface area contributed by atoms with Crippen molar-refractivity contribution in [3.05, 3.63) is 60.7 Å². The van der Waals surface area contributed by atoms with Gasteiger partial charge in [-0.3, -0.25) is 0 Å². The third-order valence-corrected chi connectivity index (χ3v) is 3.80. The van der Waals surface area contributed by atoms with Gasteiger partial charge in [-0.05, 0) is 17.7 Å². The van der Waals surface area contributed by atoms with E-state index in [-0.39, 0.29) is 0 Å². The Bertz CT molecular complexity index is 617.